The van der Waals surface area contributed by atoms with E-state index in [1.54, 1.807) is 18.3 Å². The Balaban J connectivity index is 1.35. The summed E-state index contributed by atoms with van der Waals surface area (Å²) < 4.78 is 16.4. The van der Waals surface area contributed by atoms with Crippen LogP contribution in [0.25, 0.3) is 17.1 Å². The van der Waals surface area contributed by atoms with Crippen molar-refractivity contribution in [2.45, 2.75) is 50.0 Å². The van der Waals surface area contributed by atoms with E-state index < -0.39 is 6.17 Å². The molecule has 2 aliphatic heterocycles. The summed E-state index contributed by atoms with van der Waals surface area (Å²) in [5, 5.41) is 38.7. The Kier molecular flexibility index (Phi) is 5.14. The number of alkyl halides is 1. The predicted octanol–water partition coefficient (Wildman–Crippen LogP) is 1.75. The van der Waals surface area contributed by atoms with E-state index in [9.17, 15) is 5.11 Å². The summed E-state index contributed by atoms with van der Waals surface area (Å²) >= 11 is 0. The second kappa shape index (κ2) is 8.12. The molecule has 0 spiro atoms. The normalized spacial score (nSPS) is 24.7. The van der Waals surface area contributed by atoms with Gasteiger partial charge in [0.25, 0.3) is 0 Å². The molecule has 0 amide bonds. The molecule has 164 valence electrons. The molecule has 2 N–H and O–H groups in total. The van der Waals surface area contributed by atoms with E-state index in [0.717, 1.165) is 25.7 Å². The highest BCUT2D eigenvalue weighted by atomic mass is 19.1. The standard InChI is InChI=1S/C21H22FN9O/c1-30(17-7-12-3-2-4-16(25-12)20(17)22)19-10-24-21(28-27-19)15-6-5-14(8-18(15)32)31-11-13(9-23)26-29-31/h5-6,8,10-12,16-17,20,25,32H,2-4,7H2,1H3/t12-,16+,17+,20-/m0/s1. The summed E-state index contributed by atoms with van der Waals surface area (Å²) in [6.07, 6.45) is 5.74. The molecule has 10 nitrogen and oxygen atoms in total. The van der Waals surface area contributed by atoms with Crippen LogP contribution < -0.4 is 10.2 Å². The molecule has 0 radical (unpaired) electrons. The highest BCUT2D eigenvalue weighted by molar-refractivity contribution is 5.66. The van der Waals surface area contributed by atoms with Gasteiger partial charge in [0.15, 0.2) is 17.3 Å². The number of rotatable bonds is 4. The van der Waals surface area contributed by atoms with Gasteiger partial charge in [0.2, 0.25) is 0 Å². The summed E-state index contributed by atoms with van der Waals surface area (Å²) in [7, 11) is 1.82. The number of phenols is 1. The number of nitriles is 1. The number of aromatic nitrogens is 6. The van der Waals surface area contributed by atoms with Gasteiger partial charge in [-0.05, 0) is 31.4 Å². The third-order valence-electron chi connectivity index (χ3n) is 6.30. The van der Waals surface area contributed by atoms with Gasteiger partial charge < -0.3 is 15.3 Å². The van der Waals surface area contributed by atoms with Crippen LogP contribution in [0.5, 0.6) is 5.75 Å². The first-order valence-electron chi connectivity index (χ1n) is 10.5. The van der Waals surface area contributed by atoms with Gasteiger partial charge in [-0.15, -0.1) is 15.3 Å². The lowest BCUT2D eigenvalue weighted by Crippen LogP contribution is -2.61. The van der Waals surface area contributed by atoms with Gasteiger partial charge in [0.05, 0.1) is 29.7 Å². The molecule has 1 aromatic carbocycles. The molecule has 0 saturated carbocycles. The Labute approximate surface area is 183 Å². The number of nitrogens with one attached hydrogen (secondary N) is 1. The molecule has 2 bridgehead atoms. The molecule has 32 heavy (non-hydrogen) atoms. The number of halogens is 1. The zero-order valence-corrected chi connectivity index (χ0v) is 17.4. The van der Waals surface area contributed by atoms with Crippen molar-refractivity contribution in [1.29, 1.82) is 5.26 Å². The van der Waals surface area contributed by atoms with Crippen molar-refractivity contribution in [3.05, 3.63) is 36.3 Å². The molecule has 4 heterocycles. The minimum Gasteiger partial charge on any atom is -0.507 e. The Hall–Kier alpha value is -3.65. The second-order valence-corrected chi connectivity index (χ2v) is 8.26. The van der Waals surface area contributed by atoms with Crippen LogP contribution in [0.15, 0.2) is 30.6 Å². The van der Waals surface area contributed by atoms with Crippen LogP contribution in [0.2, 0.25) is 0 Å². The molecule has 0 aliphatic carbocycles. The number of piperidine rings is 2. The zero-order chi connectivity index (χ0) is 22.2. The molecule has 3 aromatic rings. The van der Waals surface area contributed by atoms with Gasteiger partial charge in [-0.1, -0.05) is 11.6 Å². The molecule has 2 fully saturated rings. The van der Waals surface area contributed by atoms with Crippen molar-refractivity contribution in [2.75, 3.05) is 11.9 Å². The fourth-order valence-corrected chi connectivity index (χ4v) is 4.57. The molecule has 11 heteroatoms. The van der Waals surface area contributed by atoms with E-state index in [1.807, 2.05) is 18.0 Å². The molecule has 0 unspecified atom stereocenters. The molecule has 4 atom stereocenters. The van der Waals surface area contributed by atoms with Crippen molar-refractivity contribution in [3.63, 3.8) is 0 Å². The number of hydrogen-bond acceptors (Lipinski definition) is 9. The van der Waals surface area contributed by atoms with E-state index >= 15 is 4.39 Å². The fraction of sp³-hybridized carbons (Fsp3) is 0.429. The van der Waals surface area contributed by atoms with Crippen molar-refractivity contribution < 1.29 is 9.50 Å². The average molecular weight is 435 g/mol. The number of hydrogen-bond donors (Lipinski definition) is 2. The van der Waals surface area contributed by atoms with Crippen LogP contribution in [0.1, 0.15) is 31.4 Å². The average Bonchev–Trinajstić information content (AvgIpc) is 3.31. The summed E-state index contributed by atoms with van der Waals surface area (Å²) in [5.74, 6) is 0.681. The van der Waals surface area contributed by atoms with Gasteiger partial charge >= 0.3 is 0 Å². The predicted molar refractivity (Wildman–Crippen MR) is 113 cm³/mol. The quantitative estimate of drug-likeness (QED) is 0.630. The molecular formula is C21H22FN9O. The highest BCUT2D eigenvalue weighted by Gasteiger charge is 2.42. The first-order chi connectivity index (χ1) is 15.5. The van der Waals surface area contributed by atoms with Crippen molar-refractivity contribution in [1.82, 2.24) is 35.5 Å². The number of phenolic OH excluding ortho intramolecular Hbond substituents is 1. The third kappa shape index (κ3) is 3.62. The number of anilines is 1. The number of benzene rings is 1. The maximum atomic E-state index is 15.0. The molecule has 5 rings (SSSR count). The van der Waals surface area contributed by atoms with Crippen molar-refractivity contribution >= 4 is 5.82 Å². The minimum atomic E-state index is -0.979. The monoisotopic (exact) mass is 435 g/mol. The minimum absolute atomic E-state index is 0.0607. The van der Waals surface area contributed by atoms with Crippen molar-refractivity contribution in [3.8, 4) is 28.9 Å². The van der Waals surface area contributed by atoms with E-state index in [-0.39, 0.29) is 29.4 Å². The fourth-order valence-electron chi connectivity index (χ4n) is 4.57. The highest BCUT2D eigenvalue weighted by Crippen LogP contribution is 2.33. The first-order valence-corrected chi connectivity index (χ1v) is 10.5. The lowest BCUT2D eigenvalue weighted by atomic mass is 9.82. The van der Waals surface area contributed by atoms with E-state index in [4.69, 9.17) is 5.26 Å². The second-order valence-electron chi connectivity index (χ2n) is 8.26. The van der Waals surface area contributed by atoms with E-state index in [0.29, 0.717) is 23.1 Å². The number of nitrogens with zero attached hydrogens (tertiary/aromatic N) is 8. The summed E-state index contributed by atoms with van der Waals surface area (Å²) in [4.78, 5) is 6.17. The SMILES string of the molecule is CN(c1cnc(-c2ccc(-n3cc(C#N)nn3)cc2O)nn1)[C@@H]1C[C@@H]2CCC[C@@H](N2)[C@@H]1F. The molecule has 2 aliphatic rings. The summed E-state index contributed by atoms with van der Waals surface area (Å²) in [5.41, 5.74) is 1.11. The maximum Gasteiger partial charge on any atom is 0.185 e. The smallest absolute Gasteiger partial charge is 0.185 e. The maximum absolute atomic E-state index is 15.0. The summed E-state index contributed by atoms with van der Waals surface area (Å²) in [6.45, 7) is 0. The van der Waals surface area contributed by atoms with Crippen LogP contribution in [0.3, 0.4) is 0 Å². The van der Waals surface area contributed by atoms with Crippen LogP contribution >= 0.6 is 0 Å². The lowest BCUT2D eigenvalue weighted by molar-refractivity contribution is 0.107. The van der Waals surface area contributed by atoms with Gasteiger partial charge in [-0.2, -0.15) is 5.26 Å². The Morgan fingerprint density at radius 1 is 1.28 bits per heavy atom. The topological polar surface area (TPSA) is 129 Å². The van der Waals surface area contributed by atoms with Crippen LogP contribution in [-0.2, 0) is 0 Å². The Morgan fingerprint density at radius 2 is 2.16 bits per heavy atom. The molecular weight excluding hydrogens is 413 g/mol. The van der Waals surface area contributed by atoms with Crippen LogP contribution in [0.4, 0.5) is 10.2 Å². The van der Waals surface area contributed by atoms with Gasteiger partial charge in [-0.25, -0.2) is 14.1 Å². The lowest BCUT2D eigenvalue weighted by Gasteiger charge is -2.45. The first kappa shape index (κ1) is 20.3. The van der Waals surface area contributed by atoms with Crippen LogP contribution in [-0.4, -0.2) is 66.6 Å². The largest absolute Gasteiger partial charge is 0.507 e. The number of aromatic hydroxyl groups is 1. The zero-order valence-electron chi connectivity index (χ0n) is 17.4. The van der Waals surface area contributed by atoms with Gasteiger partial charge in [0.1, 0.15) is 18.0 Å². The Bertz CT molecular complexity index is 1160. The third-order valence-corrected chi connectivity index (χ3v) is 6.30. The molecule has 2 saturated heterocycles. The van der Waals surface area contributed by atoms with Gasteiger partial charge in [-0.3, -0.25) is 0 Å². The Morgan fingerprint density at radius 3 is 2.88 bits per heavy atom. The molecule has 2 aromatic heterocycles. The summed E-state index contributed by atoms with van der Waals surface area (Å²) in [6, 6.07) is 6.68. The van der Waals surface area contributed by atoms with E-state index in [1.165, 1.54) is 16.9 Å². The van der Waals surface area contributed by atoms with E-state index in [2.05, 4.69) is 30.8 Å². The van der Waals surface area contributed by atoms with Crippen LogP contribution in [0, 0.1) is 11.3 Å². The number of fused-ring (bicyclic) bond motifs is 2. The van der Waals surface area contributed by atoms with Crippen molar-refractivity contribution in [2.24, 2.45) is 0 Å². The van der Waals surface area contributed by atoms with Gasteiger partial charge in [0, 0.05) is 25.2 Å².